The van der Waals surface area contributed by atoms with Crippen molar-refractivity contribution in [1.82, 2.24) is 5.32 Å². The third-order valence-electron chi connectivity index (χ3n) is 4.37. The molecule has 0 heterocycles. The lowest BCUT2D eigenvalue weighted by Crippen LogP contribution is -2.27. The lowest BCUT2D eigenvalue weighted by Gasteiger charge is -2.11. The summed E-state index contributed by atoms with van der Waals surface area (Å²) in [7, 11) is 0. The van der Waals surface area contributed by atoms with E-state index in [1.165, 1.54) is 44.9 Å². The zero-order valence-electron chi connectivity index (χ0n) is 15.1. The van der Waals surface area contributed by atoms with E-state index < -0.39 is 0 Å². The first-order chi connectivity index (χ1) is 11.8. The monoisotopic (exact) mass is 328 g/mol. The van der Waals surface area contributed by atoms with Gasteiger partial charge in [0.15, 0.2) is 0 Å². The number of nitrogens with one attached hydrogen (secondary N) is 1. The number of rotatable bonds is 13. The van der Waals surface area contributed by atoms with Gasteiger partial charge in [0, 0.05) is 13.0 Å². The van der Waals surface area contributed by atoms with Crippen molar-refractivity contribution in [3.63, 3.8) is 0 Å². The zero-order chi connectivity index (χ0) is 17.5. The van der Waals surface area contributed by atoms with Gasteiger partial charge in [-0.25, -0.2) is 0 Å². The number of carbonyl (C=O) groups excluding carboxylic acids is 1. The maximum atomic E-state index is 11.9. The summed E-state index contributed by atoms with van der Waals surface area (Å²) in [4.78, 5) is 11.9. The molecule has 0 bridgehead atoms. The van der Waals surface area contributed by atoms with Crippen molar-refractivity contribution < 1.29 is 4.79 Å². The highest BCUT2D eigenvalue weighted by Crippen LogP contribution is 2.13. The molecular weight excluding hydrogens is 296 g/mol. The lowest BCUT2D eigenvalue weighted by atomic mass is 10.0. The van der Waals surface area contributed by atoms with Crippen LogP contribution in [0.5, 0.6) is 0 Å². The fraction of sp³-hybridized carbons (Fsp3) is 0.619. The maximum absolute atomic E-state index is 11.9. The molecule has 0 fully saturated rings. The summed E-state index contributed by atoms with van der Waals surface area (Å²) >= 11 is 0. The predicted octanol–water partition coefficient (Wildman–Crippen LogP) is 5.33. The number of hydrogen-bond acceptors (Lipinski definition) is 2. The largest absolute Gasteiger partial charge is 0.354 e. The molecule has 1 aromatic rings. The summed E-state index contributed by atoms with van der Waals surface area (Å²) in [6.45, 7) is 2.64. The first-order valence-corrected chi connectivity index (χ1v) is 9.49. The number of hydrogen-bond donors (Lipinski definition) is 1. The zero-order valence-corrected chi connectivity index (χ0v) is 15.1. The molecular formula is C21H32N2O. The Balaban J connectivity index is 2.05. The van der Waals surface area contributed by atoms with E-state index in [9.17, 15) is 10.1 Å². The second-order valence-electron chi connectivity index (χ2n) is 6.47. The Morgan fingerprint density at radius 3 is 2.17 bits per heavy atom. The van der Waals surface area contributed by atoms with E-state index in [2.05, 4.69) is 18.3 Å². The Morgan fingerprint density at radius 2 is 1.58 bits per heavy atom. The molecule has 0 radical (unpaired) electrons. The van der Waals surface area contributed by atoms with E-state index in [-0.39, 0.29) is 11.8 Å². The fourth-order valence-corrected chi connectivity index (χ4v) is 2.82. The van der Waals surface area contributed by atoms with Crippen LogP contribution >= 0.6 is 0 Å². The van der Waals surface area contributed by atoms with Gasteiger partial charge in [-0.2, -0.15) is 5.26 Å². The van der Waals surface area contributed by atoms with Crippen molar-refractivity contribution in [3.8, 4) is 6.07 Å². The van der Waals surface area contributed by atoms with E-state index in [1.54, 1.807) is 0 Å². The van der Waals surface area contributed by atoms with Crippen molar-refractivity contribution in [3.05, 3.63) is 35.9 Å². The molecule has 1 aromatic carbocycles. The van der Waals surface area contributed by atoms with Crippen molar-refractivity contribution in [2.75, 3.05) is 6.54 Å². The molecule has 1 rings (SSSR count). The van der Waals surface area contributed by atoms with Crippen molar-refractivity contribution in [2.45, 2.75) is 77.0 Å². The molecule has 3 nitrogen and oxygen atoms in total. The summed E-state index contributed by atoms with van der Waals surface area (Å²) in [5, 5.41) is 12.1. The number of unbranched alkanes of at least 4 members (excludes halogenated alkanes) is 8. The van der Waals surface area contributed by atoms with Crippen molar-refractivity contribution in [2.24, 2.45) is 0 Å². The molecule has 1 N–H and O–H groups in total. The molecule has 0 aliphatic heterocycles. The average molecular weight is 328 g/mol. The van der Waals surface area contributed by atoms with Gasteiger partial charge in [-0.1, -0.05) is 88.6 Å². The van der Waals surface area contributed by atoms with Crippen LogP contribution in [0, 0.1) is 11.3 Å². The summed E-state index contributed by atoms with van der Waals surface area (Å²) in [6, 6.07) is 11.9. The molecule has 24 heavy (non-hydrogen) atoms. The van der Waals surface area contributed by atoms with Crippen LogP contribution in [-0.2, 0) is 4.79 Å². The topological polar surface area (TPSA) is 52.9 Å². The SMILES string of the molecule is CCCCCCCCCCCC(=O)NCC(C#N)c1ccccc1. The van der Waals surface area contributed by atoms with E-state index in [1.807, 2.05) is 30.3 Å². The van der Waals surface area contributed by atoms with Crippen LogP contribution < -0.4 is 5.32 Å². The quantitative estimate of drug-likeness (QED) is 0.497. The smallest absolute Gasteiger partial charge is 0.220 e. The summed E-state index contributed by atoms with van der Waals surface area (Å²) < 4.78 is 0. The molecule has 3 heteroatoms. The summed E-state index contributed by atoms with van der Waals surface area (Å²) in [5.41, 5.74) is 0.961. The molecule has 1 atom stereocenters. The highest BCUT2D eigenvalue weighted by atomic mass is 16.1. The molecule has 0 saturated carbocycles. The average Bonchev–Trinajstić information content (AvgIpc) is 2.62. The molecule has 0 saturated heterocycles. The number of carbonyl (C=O) groups is 1. The van der Waals surface area contributed by atoms with Gasteiger partial charge in [0.25, 0.3) is 0 Å². The van der Waals surface area contributed by atoms with Crippen LogP contribution in [0.2, 0.25) is 0 Å². The third kappa shape index (κ3) is 9.35. The van der Waals surface area contributed by atoms with E-state index in [0.29, 0.717) is 13.0 Å². The first-order valence-electron chi connectivity index (χ1n) is 9.49. The first kappa shape index (κ1) is 20.2. The van der Waals surface area contributed by atoms with Crippen LogP contribution in [0.15, 0.2) is 30.3 Å². The minimum Gasteiger partial charge on any atom is -0.354 e. The standard InChI is InChI=1S/C21H32N2O/c1-2-3-4-5-6-7-8-9-13-16-21(24)23-18-20(17-22)19-14-11-10-12-15-19/h10-12,14-15,20H,2-9,13,16,18H2,1H3,(H,23,24). The Hall–Kier alpha value is -1.82. The molecule has 0 aromatic heterocycles. The van der Waals surface area contributed by atoms with Crippen LogP contribution in [0.3, 0.4) is 0 Å². The predicted molar refractivity (Wildman–Crippen MR) is 99.6 cm³/mol. The Bertz CT molecular complexity index is 478. The summed E-state index contributed by atoms with van der Waals surface area (Å²) in [6.07, 6.45) is 11.9. The second kappa shape index (κ2) is 13.6. The number of nitriles is 1. The van der Waals surface area contributed by atoms with Gasteiger partial charge in [0.1, 0.15) is 0 Å². The number of nitrogens with zero attached hydrogens (tertiary/aromatic N) is 1. The Labute approximate surface area is 147 Å². The normalized spacial score (nSPS) is 11.7. The lowest BCUT2D eigenvalue weighted by molar-refractivity contribution is -0.121. The van der Waals surface area contributed by atoms with E-state index in [0.717, 1.165) is 18.4 Å². The highest BCUT2D eigenvalue weighted by Gasteiger charge is 2.11. The van der Waals surface area contributed by atoms with E-state index in [4.69, 9.17) is 0 Å². The fourth-order valence-electron chi connectivity index (χ4n) is 2.82. The highest BCUT2D eigenvalue weighted by molar-refractivity contribution is 5.75. The number of benzene rings is 1. The minimum absolute atomic E-state index is 0.0640. The van der Waals surface area contributed by atoms with Crippen molar-refractivity contribution in [1.29, 1.82) is 5.26 Å². The van der Waals surface area contributed by atoms with Crippen LogP contribution in [-0.4, -0.2) is 12.5 Å². The molecule has 0 spiro atoms. The molecule has 1 amide bonds. The molecule has 1 unspecified atom stereocenters. The second-order valence-corrected chi connectivity index (χ2v) is 6.47. The van der Waals surface area contributed by atoms with E-state index >= 15 is 0 Å². The van der Waals surface area contributed by atoms with Gasteiger partial charge in [-0.3, -0.25) is 4.79 Å². The van der Waals surface area contributed by atoms with Crippen LogP contribution in [0.4, 0.5) is 0 Å². The Morgan fingerprint density at radius 1 is 1.00 bits per heavy atom. The van der Waals surface area contributed by atoms with Gasteiger partial charge in [0.05, 0.1) is 12.0 Å². The van der Waals surface area contributed by atoms with Gasteiger partial charge in [0.2, 0.25) is 5.91 Å². The third-order valence-corrected chi connectivity index (χ3v) is 4.37. The summed E-state index contributed by atoms with van der Waals surface area (Å²) in [5.74, 6) is -0.201. The number of amides is 1. The van der Waals surface area contributed by atoms with Crippen LogP contribution in [0.1, 0.15) is 82.6 Å². The maximum Gasteiger partial charge on any atom is 0.220 e. The minimum atomic E-state index is -0.265. The molecule has 132 valence electrons. The van der Waals surface area contributed by atoms with Gasteiger partial charge < -0.3 is 5.32 Å². The van der Waals surface area contributed by atoms with Crippen LogP contribution in [0.25, 0.3) is 0 Å². The van der Waals surface area contributed by atoms with Gasteiger partial charge in [-0.05, 0) is 12.0 Å². The Kier molecular flexibility index (Phi) is 11.5. The molecule has 0 aliphatic rings. The van der Waals surface area contributed by atoms with Gasteiger partial charge in [-0.15, -0.1) is 0 Å². The van der Waals surface area contributed by atoms with Crippen molar-refractivity contribution >= 4 is 5.91 Å². The van der Waals surface area contributed by atoms with Gasteiger partial charge >= 0.3 is 0 Å². The molecule has 0 aliphatic carbocycles.